The van der Waals surface area contributed by atoms with Crippen molar-refractivity contribution in [3.05, 3.63) is 46.7 Å². The summed E-state index contributed by atoms with van der Waals surface area (Å²) in [4.78, 5) is 12.0. The lowest BCUT2D eigenvalue weighted by Crippen LogP contribution is -2.16. The van der Waals surface area contributed by atoms with Gasteiger partial charge in [-0.1, -0.05) is 0 Å². The van der Waals surface area contributed by atoms with Gasteiger partial charge in [0.15, 0.2) is 5.82 Å². The monoisotopic (exact) mass is 280 g/mol. The summed E-state index contributed by atoms with van der Waals surface area (Å²) in [5.41, 5.74) is 6.10. The minimum Gasteiger partial charge on any atom is -0.326 e. The predicted molar refractivity (Wildman–Crippen MR) is 70.1 cm³/mol. The molecule has 0 radical (unpaired) electrons. The molecule has 0 unspecified atom stereocenters. The molecule has 5 nitrogen and oxygen atoms in total. The molecule has 1 amide bonds. The van der Waals surface area contributed by atoms with Crippen molar-refractivity contribution >= 4 is 11.7 Å². The highest BCUT2D eigenvalue weighted by molar-refractivity contribution is 6.04. The molecule has 2 aromatic rings. The van der Waals surface area contributed by atoms with Crippen LogP contribution >= 0.6 is 0 Å². The van der Waals surface area contributed by atoms with E-state index >= 15 is 0 Å². The molecule has 1 heterocycles. The number of carbonyl (C=O) groups is 1. The molecule has 0 spiro atoms. The lowest BCUT2D eigenvalue weighted by molar-refractivity contribution is 0.102. The number of nitrogens with zero attached hydrogens (tertiary/aromatic N) is 2. The van der Waals surface area contributed by atoms with Gasteiger partial charge in [0.05, 0.1) is 5.56 Å². The fourth-order valence-corrected chi connectivity index (χ4v) is 1.80. The van der Waals surface area contributed by atoms with Crippen LogP contribution in [0.2, 0.25) is 0 Å². The van der Waals surface area contributed by atoms with E-state index in [4.69, 9.17) is 5.73 Å². The zero-order chi connectivity index (χ0) is 14.9. The Balaban J connectivity index is 2.30. The third kappa shape index (κ3) is 2.67. The van der Waals surface area contributed by atoms with Gasteiger partial charge in [-0.3, -0.25) is 9.48 Å². The van der Waals surface area contributed by atoms with Gasteiger partial charge in [-0.05, 0) is 18.6 Å². The van der Waals surface area contributed by atoms with Gasteiger partial charge in [0.25, 0.3) is 5.91 Å². The smallest absolute Gasteiger partial charge is 0.259 e. The maximum atomic E-state index is 13.6. The van der Waals surface area contributed by atoms with E-state index in [9.17, 15) is 13.6 Å². The molecule has 0 aliphatic heterocycles. The summed E-state index contributed by atoms with van der Waals surface area (Å²) < 4.78 is 28.3. The molecule has 1 aromatic heterocycles. The first-order chi connectivity index (χ1) is 9.42. The predicted octanol–water partition coefficient (Wildman–Crippen LogP) is 1.72. The van der Waals surface area contributed by atoms with Crippen LogP contribution in [-0.2, 0) is 13.6 Å². The van der Waals surface area contributed by atoms with Crippen molar-refractivity contribution in [1.82, 2.24) is 9.78 Å². The van der Waals surface area contributed by atoms with Crippen LogP contribution in [0.3, 0.4) is 0 Å². The maximum Gasteiger partial charge on any atom is 0.259 e. The Labute approximate surface area is 114 Å². The van der Waals surface area contributed by atoms with E-state index in [1.54, 1.807) is 13.2 Å². The van der Waals surface area contributed by atoms with Crippen LogP contribution in [0.1, 0.15) is 21.5 Å². The summed E-state index contributed by atoms with van der Waals surface area (Å²) in [5.74, 6) is -2.05. The molecule has 0 saturated carbocycles. The third-order valence-electron chi connectivity index (χ3n) is 2.85. The van der Waals surface area contributed by atoms with Gasteiger partial charge in [0, 0.05) is 31.4 Å². The first kappa shape index (κ1) is 14.1. The first-order valence-electron chi connectivity index (χ1n) is 5.92. The Kier molecular flexibility index (Phi) is 3.80. The quantitative estimate of drug-likeness (QED) is 0.899. The van der Waals surface area contributed by atoms with E-state index in [2.05, 4.69) is 10.4 Å². The van der Waals surface area contributed by atoms with E-state index in [0.717, 1.165) is 6.07 Å². The van der Waals surface area contributed by atoms with Crippen LogP contribution in [0.25, 0.3) is 0 Å². The Morgan fingerprint density at radius 2 is 2.10 bits per heavy atom. The van der Waals surface area contributed by atoms with Gasteiger partial charge in [-0.25, -0.2) is 8.78 Å². The van der Waals surface area contributed by atoms with Gasteiger partial charge in [0.2, 0.25) is 0 Å². The van der Waals surface area contributed by atoms with E-state index < -0.39 is 17.5 Å². The zero-order valence-electron chi connectivity index (χ0n) is 11.1. The molecule has 3 N–H and O–H groups in total. The van der Waals surface area contributed by atoms with Gasteiger partial charge >= 0.3 is 0 Å². The number of benzene rings is 1. The number of amides is 1. The van der Waals surface area contributed by atoms with E-state index in [0.29, 0.717) is 11.6 Å². The molecule has 0 fully saturated rings. The van der Waals surface area contributed by atoms with Crippen molar-refractivity contribution in [3.63, 3.8) is 0 Å². The molecule has 0 saturated heterocycles. The topological polar surface area (TPSA) is 72.9 Å². The van der Waals surface area contributed by atoms with Crippen LogP contribution in [0.4, 0.5) is 14.6 Å². The molecule has 0 aliphatic rings. The summed E-state index contributed by atoms with van der Waals surface area (Å²) in [6.07, 6.45) is 1.65. The van der Waals surface area contributed by atoms with Crippen molar-refractivity contribution in [2.24, 2.45) is 12.8 Å². The average Bonchev–Trinajstić information content (AvgIpc) is 2.73. The van der Waals surface area contributed by atoms with Crippen molar-refractivity contribution in [3.8, 4) is 0 Å². The molecule has 0 aliphatic carbocycles. The fraction of sp³-hybridized carbons (Fsp3) is 0.231. The van der Waals surface area contributed by atoms with Crippen molar-refractivity contribution in [2.45, 2.75) is 13.5 Å². The first-order valence-corrected chi connectivity index (χ1v) is 5.92. The number of hydrogen-bond donors (Lipinski definition) is 2. The summed E-state index contributed by atoms with van der Waals surface area (Å²) in [5, 5.41) is 6.50. The van der Waals surface area contributed by atoms with Crippen molar-refractivity contribution < 1.29 is 13.6 Å². The number of hydrogen-bond acceptors (Lipinski definition) is 3. The van der Waals surface area contributed by atoms with E-state index in [1.165, 1.54) is 11.6 Å². The van der Waals surface area contributed by atoms with E-state index in [1.807, 2.05) is 0 Å². The minimum absolute atomic E-state index is 0.189. The lowest BCUT2D eigenvalue weighted by Gasteiger charge is -2.06. The molecular weight excluding hydrogens is 266 g/mol. The summed E-state index contributed by atoms with van der Waals surface area (Å²) in [7, 11) is 1.68. The second kappa shape index (κ2) is 5.38. The van der Waals surface area contributed by atoms with Crippen LogP contribution in [0.15, 0.2) is 18.3 Å². The van der Waals surface area contributed by atoms with Gasteiger partial charge in [-0.2, -0.15) is 5.10 Å². The Bertz CT molecular complexity index is 667. The highest BCUT2D eigenvalue weighted by Gasteiger charge is 2.17. The highest BCUT2D eigenvalue weighted by Crippen LogP contribution is 2.17. The average molecular weight is 280 g/mol. The number of carbonyl (C=O) groups excluding carboxylic acids is 1. The highest BCUT2D eigenvalue weighted by atomic mass is 19.1. The number of nitrogens with one attached hydrogen (secondary N) is 1. The maximum absolute atomic E-state index is 13.6. The second-order valence-electron chi connectivity index (χ2n) is 4.42. The van der Waals surface area contributed by atoms with Crippen molar-refractivity contribution in [1.29, 1.82) is 0 Å². The molecular formula is C13H14F2N4O. The zero-order valence-corrected chi connectivity index (χ0v) is 11.1. The molecule has 20 heavy (non-hydrogen) atoms. The standard InChI is InChI=1S/C13H14F2N4O/c1-7-3-9(11(15)4-10(7)14)13(20)17-12-8(5-16)6-19(2)18-12/h3-4,6H,5,16H2,1-2H3,(H,17,18,20). The minimum atomic E-state index is -0.921. The molecule has 1 aromatic carbocycles. The Morgan fingerprint density at radius 3 is 2.75 bits per heavy atom. The lowest BCUT2D eigenvalue weighted by atomic mass is 10.1. The third-order valence-corrected chi connectivity index (χ3v) is 2.85. The van der Waals surface area contributed by atoms with Crippen LogP contribution < -0.4 is 11.1 Å². The van der Waals surface area contributed by atoms with Gasteiger partial charge in [0.1, 0.15) is 11.6 Å². The number of aryl methyl sites for hydroxylation is 2. The summed E-state index contributed by atoms with van der Waals surface area (Å²) in [6.45, 7) is 1.64. The summed E-state index contributed by atoms with van der Waals surface area (Å²) >= 11 is 0. The number of halogens is 2. The number of aromatic nitrogens is 2. The summed E-state index contributed by atoms with van der Waals surface area (Å²) in [6, 6.07) is 1.84. The van der Waals surface area contributed by atoms with Crippen molar-refractivity contribution in [2.75, 3.05) is 5.32 Å². The van der Waals surface area contributed by atoms with Gasteiger partial charge in [-0.15, -0.1) is 0 Å². The van der Waals surface area contributed by atoms with Crippen LogP contribution in [0, 0.1) is 18.6 Å². The Hall–Kier alpha value is -2.28. The normalized spacial score (nSPS) is 10.7. The number of nitrogens with two attached hydrogens (primary N) is 1. The molecule has 0 atom stereocenters. The van der Waals surface area contributed by atoms with Gasteiger partial charge < -0.3 is 11.1 Å². The fourth-order valence-electron chi connectivity index (χ4n) is 1.80. The second-order valence-corrected chi connectivity index (χ2v) is 4.42. The number of rotatable bonds is 3. The largest absolute Gasteiger partial charge is 0.326 e. The van der Waals surface area contributed by atoms with Crippen LogP contribution in [0.5, 0.6) is 0 Å². The number of anilines is 1. The molecule has 2 rings (SSSR count). The van der Waals surface area contributed by atoms with Crippen LogP contribution in [-0.4, -0.2) is 15.7 Å². The van der Waals surface area contributed by atoms with E-state index in [-0.39, 0.29) is 23.5 Å². The Morgan fingerprint density at radius 1 is 1.40 bits per heavy atom. The molecule has 0 bridgehead atoms. The molecule has 7 heteroatoms. The SMILES string of the molecule is Cc1cc(C(=O)Nc2nn(C)cc2CN)c(F)cc1F. The molecule has 106 valence electrons.